The maximum Gasteiger partial charge on any atom is 0.184 e. The molecule has 3 aliphatic rings. The molecule has 1 aliphatic heterocycles. The number of aliphatic hydroxyl groups excluding tert-OH is 2. The summed E-state index contributed by atoms with van der Waals surface area (Å²) in [6, 6.07) is 15.6. The Balaban J connectivity index is 1.62. The molecule has 2 aliphatic carbocycles. The highest BCUT2D eigenvalue weighted by Crippen LogP contribution is 2.69. The summed E-state index contributed by atoms with van der Waals surface area (Å²) in [5.74, 6) is -0.296. The molecule has 3 fully saturated rings. The lowest BCUT2D eigenvalue weighted by molar-refractivity contribution is -0.222. The fraction of sp³-hybridized carbons (Fsp3) is 0.576. The van der Waals surface area contributed by atoms with Crippen LogP contribution < -0.4 is 4.74 Å². The van der Waals surface area contributed by atoms with Gasteiger partial charge in [0.1, 0.15) is 23.2 Å². The van der Waals surface area contributed by atoms with Gasteiger partial charge in [-0.1, -0.05) is 50.3 Å². The van der Waals surface area contributed by atoms with Crippen LogP contribution in [0.5, 0.6) is 5.75 Å². The number of ether oxygens (including phenoxy) is 4. The minimum absolute atomic E-state index is 0.0874. The molecule has 0 amide bonds. The molecule has 5 rings (SSSR count). The zero-order valence-corrected chi connectivity index (χ0v) is 26.0. The summed E-state index contributed by atoms with van der Waals surface area (Å²) in [6.07, 6.45) is -0.240. The van der Waals surface area contributed by atoms with E-state index in [2.05, 4.69) is 6.58 Å². The van der Waals surface area contributed by atoms with Gasteiger partial charge in [0.05, 0.1) is 31.3 Å². The van der Waals surface area contributed by atoms with Crippen molar-refractivity contribution in [2.75, 3.05) is 13.7 Å². The summed E-state index contributed by atoms with van der Waals surface area (Å²) in [5.41, 5.74) is -2.47. The van der Waals surface area contributed by atoms with Gasteiger partial charge in [0, 0.05) is 5.41 Å². The SMILES string of the molecule is C=C[C@@H](OCc1ccc(OC)cc1)[C@]1(C(O)[C@@H](C23CCC(CC2O)C3(C)C)S(=O)(=O)c2ccccc2)COC(C)(C)O1. The number of rotatable bonds is 11. The lowest BCUT2D eigenvalue weighted by atomic mass is 9.63. The number of sulfone groups is 1. The zero-order valence-electron chi connectivity index (χ0n) is 25.2. The first-order valence-electron chi connectivity index (χ1n) is 14.6. The van der Waals surface area contributed by atoms with E-state index in [1.165, 1.54) is 6.08 Å². The van der Waals surface area contributed by atoms with E-state index in [0.29, 0.717) is 18.6 Å². The van der Waals surface area contributed by atoms with Crippen LogP contribution >= 0.6 is 0 Å². The number of aliphatic hydroxyl groups is 2. The number of benzene rings is 2. The molecular weight excluding hydrogens is 556 g/mol. The van der Waals surface area contributed by atoms with Crippen molar-refractivity contribution in [3.05, 3.63) is 72.8 Å². The Hall–Kier alpha value is -2.27. The topological polar surface area (TPSA) is 112 Å². The Bertz CT molecular complexity index is 1370. The maximum absolute atomic E-state index is 14.7. The van der Waals surface area contributed by atoms with Crippen molar-refractivity contribution < 1.29 is 37.6 Å². The van der Waals surface area contributed by atoms with Gasteiger partial charge < -0.3 is 29.2 Å². The third-order valence-electron chi connectivity index (χ3n) is 10.3. The van der Waals surface area contributed by atoms with Gasteiger partial charge in [-0.15, -0.1) is 6.58 Å². The second-order valence-electron chi connectivity index (χ2n) is 13.0. The predicted octanol–water partition coefficient (Wildman–Crippen LogP) is 4.68. The van der Waals surface area contributed by atoms with Crippen LogP contribution in [0.1, 0.15) is 52.5 Å². The molecule has 0 aromatic heterocycles. The normalized spacial score (nSPS) is 31.9. The van der Waals surface area contributed by atoms with Gasteiger partial charge in [-0.3, -0.25) is 0 Å². The van der Waals surface area contributed by atoms with Crippen LogP contribution in [-0.2, 0) is 30.7 Å². The Kier molecular flexibility index (Phi) is 8.18. The molecule has 0 radical (unpaired) electrons. The molecule has 2 aromatic carbocycles. The van der Waals surface area contributed by atoms with Crippen molar-refractivity contribution in [3.8, 4) is 5.75 Å². The quantitative estimate of drug-likeness (QED) is 0.358. The predicted molar refractivity (Wildman–Crippen MR) is 159 cm³/mol. The van der Waals surface area contributed by atoms with E-state index in [1.54, 1.807) is 51.3 Å². The Morgan fingerprint density at radius 2 is 1.76 bits per heavy atom. The second kappa shape index (κ2) is 11.0. The highest BCUT2D eigenvalue weighted by molar-refractivity contribution is 7.92. The Morgan fingerprint density at radius 3 is 2.26 bits per heavy atom. The van der Waals surface area contributed by atoms with Crippen molar-refractivity contribution in [3.63, 3.8) is 0 Å². The number of fused-ring (bicyclic) bond motifs is 2. The Morgan fingerprint density at radius 1 is 1.10 bits per heavy atom. The van der Waals surface area contributed by atoms with Crippen molar-refractivity contribution in [2.45, 2.75) is 93.4 Å². The van der Waals surface area contributed by atoms with Gasteiger partial charge in [0.2, 0.25) is 0 Å². The first kappa shape index (κ1) is 31.2. The molecule has 2 aromatic rings. The summed E-state index contributed by atoms with van der Waals surface area (Å²) in [7, 11) is -2.61. The molecule has 9 heteroatoms. The van der Waals surface area contributed by atoms with Crippen molar-refractivity contribution in [1.82, 2.24) is 0 Å². The largest absolute Gasteiger partial charge is 0.497 e. The average molecular weight is 601 g/mol. The summed E-state index contributed by atoms with van der Waals surface area (Å²) in [6.45, 7) is 11.5. The first-order chi connectivity index (χ1) is 19.7. The van der Waals surface area contributed by atoms with Crippen LogP contribution in [0.4, 0.5) is 0 Å². The van der Waals surface area contributed by atoms with Crippen LogP contribution in [0.25, 0.3) is 0 Å². The molecule has 1 heterocycles. The maximum atomic E-state index is 14.7. The van der Waals surface area contributed by atoms with E-state index in [4.69, 9.17) is 18.9 Å². The number of methoxy groups -OCH3 is 1. The van der Waals surface area contributed by atoms with Gasteiger partial charge in [0.15, 0.2) is 21.2 Å². The average Bonchev–Trinajstić information content (AvgIpc) is 3.49. The minimum Gasteiger partial charge on any atom is -0.497 e. The highest BCUT2D eigenvalue weighted by Gasteiger charge is 2.73. The molecule has 8 nitrogen and oxygen atoms in total. The van der Waals surface area contributed by atoms with Crippen LogP contribution in [0, 0.1) is 16.7 Å². The number of hydrogen-bond donors (Lipinski definition) is 2. The second-order valence-corrected chi connectivity index (χ2v) is 15.1. The summed E-state index contributed by atoms with van der Waals surface area (Å²) >= 11 is 0. The molecular formula is C33H44O8S. The lowest BCUT2D eigenvalue weighted by Crippen LogP contribution is -2.67. The fourth-order valence-electron chi connectivity index (χ4n) is 7.98. The molecule has 0 spiro atoms. The van der Waals surface area contributed by atoms with Crippen LogP contribution in [0.2, 0.25) is 0 Å². The smallest absolute Gasteiger partial charge is 0.184 e. The van der Waals surface area contributed by atoms with Crippen LogP contribution in [0.3, 0.4) is 0 Å². The molecule has 230 valence electrons. The standard InChI is InChI=1S/C33H44O8S/c1-7-27(39-20-22-13-15-24(38-6)16-14-22)33(21-40-31(4,5)41-33)28(35)29(42(36,37)25-11-9-8-10-12-25)32-18-17-23(19-26(32)34)30(32,2)3/h7-16,23,26-29,34-35H,1,17-21H2,2-6H3/t23?,26?,27-,28?,29+,32?,33+/m1/s1. The van der Waals surface area contributed by atoms with E-state index in [1.807, 2.05) is 38.1 Å². The third-order valence-corrected chi connectivity index (χ3v) is 12.6. The van der Waals surface area contributed by atoms with E-state index in [-0.39, 0.29) is 24.0 Å². The first-order valence-corrected chi connectivity index (χ1v) is 16.2. The lowest BCUT2D eigenvalue weighted by Gasteiger charge is -2.51. The zero-order chi connectivity index (χ0) is 30.6. The highest BCUT2D eigenvalue weighted by atomic mass is 32.2. The minimum atomic E-state index is -4.21. The van der Waals surface area contributed by atoms with Crippen LogP contribution in [0.15, 0.2) is 72.1 Å². The van der Waals surface area contributed by atoms with E-state index in [0.717, 1.165) is 12.0 Å². The van der Waals surface area contributed by atoms with Crippen molar-refractivity contribution in [1.29, 1.82) is 0 Å². The summed E-state index contributed by atoms with van der Waals surface area (Å²) in [4.78, 5) is 0.0874. The Labute approximate surface area is 249 Å². The van der Waals surface area contributed by atoms with Gasteiger partial charge in [-0.25, -0.2) is 8.42 Å². The molecule has 42 heavy (non-hydrogen) atoms. The van der Waals surface area contributed by atoms with E-state index >= 15 is 0 Å². The molecule has 4 unspecified atom stereocenters. The van der Waals surface area contributed by atoms with Crippen molar-refractivity contribution >= 4 is 9.84 Å². The number of hydrogen-bond acceptors (Lipinski definition) is 8. The molecule has 2 bridgehead atoms. The van der Waals surface area contributed by atoms with Gasteiger partial charge in [-0.05, 0) is 74.3 Å². The van der Waals surface area contributed by atoms with Gasteiger partial charge in [0.25, 0.3) is 0 Å². The van der Waals surface area contributed by atoms with Crippen LogP contribution in [-0.4, -0.2) is 67.3 Å². The summed E-state index contributed by atoms with van der Waals surface area (Å²) < 4.78 is 53.7. The molecule has 7 atom stereocenters. The van der Waals surface area contributed by atoms with E-state index in [9.17, 15) is 18.6 Å². The van der Waals surface area contributed by atoms with Crippen molar-refractivity contribution in [2.24, 2.45) is 16.7 Å². The van der Waals surface area contributed by atoms with Gasteiger partial charge in [-0.2, -0.15) is 0 Å². The molecule has 1 saturated heterocycles. The molecule has 2 saturated carbocycles. The fourth-order valence-corrected chi connectivity index (χ4v) is 10.5. The molecule has 2 N–H and O–H groups in total. The van der Waals surface area contributed by atoms with Gasteiger partial charge >= 0.3 is 0 Å². The monoisotopic (exact) mass is 600 g/mol. The third kappa shape index (κ3) is 4.82. The van der Waals surface area contributed by atoms with E-state index < -0.39 is 55.6 Å². The summed E-state index contributed by atoms with van der Waals surface area (Å²) in [5, 5.41) is 22.9.